The number of hydrogen-bond acceptors (Lipinski definition) is 5. The summed E-state index contributed by atoms with van der Waals surface area (Å²) >= 11 is 0. The molecule has 0 amide bonds. The second-order valence-electron chi connectivity index (χ2n) is 11.0. The highest BCUT2D eigenvalue weighted by Gasteiger charge is 2.14. The first-order valence-electron chi connectivity index (χ1n) is 15.2. The van der Waals surface area contributed by atoms with Crippen LogP contribution >= 0.6 is 0 Å². The van der Waals surface area contributed by atoms with Crippen molar-refractivity contribution in [3.8, 4) is 68.1 Å². The summed E-state index contributed by atoms with van der Waals surface area (Å²) in [7, 11) is 0. The Morgan fingerprint density at radius 2 is 0.587 bits per heavy atom. The van der Waals surface area contributed by atoms with Crippen LogP contribution in [0.3, 0.4) is 0 Å². The predicted octanol–water partition coefficient (Wildman–Crippen LogP) is 9.82. The van der Waals surface area contributed by atoms with Gasteiger partial charge in [-0.3, -0.25) is 0 Å². The second kappa shape index (κ2) is 12.0. The Balaban J connectivity index is 1.21. The minimum absolute atomic E-state index is 0.634. The van der Waals surface area contributed by atoms with E-state index < -0.39 is 0 Å². The molecule has 0 radical (unpaired) electrons. The van der Waals surface area contributed by atoms with E-state index in [0.717, 1.165) is 55.5 Å². The fourth-order valence-electron chi connectivity index (χ4n) is 5.55. The molecule has 46 heavy (non-hydrogen) atoms. The minimum atomic E-state index is 0.634. The number of nitrogens with zero attached hydrogens (tertiary/aromatic N) is 5. The van der Waals surface area contributed by atoms with Gasteiger partial charge in [-0.2, -0.15) is 0 Å². The van der Waals surface area contributed by atoms with E-state index in [1.165, 1.54) is 0 Å². The average molecular weight is 590 g/mol. The molecule has 0 aliphatic heterocycles. The summed E-state index contributed by atoms with van der Waals surface area (Å²) < 4.78 is 0. The molecule has 0 spiro atoms. The van der Waals surface area contributed by atoms with Crippen molar-refractivity contribution in [2.24, 2.45) is 0 Å². The summed E-state index contributed by atoms with van der Waals surface area (Å²) in [6.07, 6.45) is 0. The highest BCUT2D eigenvalue weighted by Crippen LogP contribution is 2.31. The van der Waals surface area contributed by atoms with Crippen LogP contribution in [0.5, 0.6) is 0 Å². The topological polar surface area (TPSA) is 64.5 Å². The van der Waals surface area contributed by atoms with Crippen LogP contribution in [0.25, 0.3) is 78.8 Å². The summed E-state index contributed by atoms with van der Waals surface area (Å²) in [6, 6.07) is 55.3. The third-order valence-electron chi connectivity index (χ3n) is 7.92. The molecule has 0 atom stereocenters. The lowest BCUT2D eigenvalue weighted by Crippen LogP contribution is -2.00. The van der Waals surface area contributed by atoms with E-state index >= 15 is 0 Å². The Bertz CT molecular complexity index is 2010. The van der Waals surface area contributed by atoms with Crippen LogP contribution in [-0.4, -0.2) is 24.9 Å². The van der Waals surface area contributed by atoms with E-state index in [2.05, 4.69) is 54.6 Å². The van der Waals surface area contributed by atoms with E-state index in [9.17, 15) is 0 Å². The first-order valence-corrected chi connectivity index (χ1v) is 15.2. The molecule has 0 fully saturated rings. The molecule has 6 aromatic carbocycles. The van der Waals surface area contributed by atoms with Crippen LogP contribution < -0.4 is 0 Å². The van der Waals surface area contributed by atoms with Crippen LogP contribution in [-0.2, 0) is 0 Å². The number of fused-ring (bicyclic) bond motifs is 1. The Kier molecular flexibility index (Phi) is 7.09. The molecular weight excluding hydrogens is 562 g/mol. The highest BCUT2D eigenvalue weighted by atomic mass is 15.0. The van der Waals surface area contributed by atoms with Crippen molar-refractivity contribution in [2.75, 3.05) is 0 Å². The van der Waals surface area contributed by atoms with Crippen molar-refractivity contribution in [2.45, 2.75) is 0 Å². The number of aromatic nitrogens is 5. The van der Waals surface area contributed by atoms with E-state index in [4.69, 9.17) is 24.9 Å². The van der Waals surface area contributed by atoms with Gasteiger partial charge >= 0.3 is 0 Å². The van der Waals surface area contributed by atoms with Crippen molar-refractivity contribution >= 4 is 10.8 Å². The Hall–Kier alpha value is -6.33. The quantitative estimate of drug-likeness (QED) is 0.193. The van der Waals surface area contributed by atoms with Gasteiger partial charge < -0.3 is 0 Å². The number of benzene rings is 6. The van der Waals surface area contributed by atoms with E-state index in [0.29, 0.717) is 23.3 Å². The van der Waals surface area contributed by atoms with E-state index in [1.807, 2.05) is 109 Å². The van der Waals surface area contributed by atoms with Gasteiger partial charge in [0.05, 0.1) is 11.4 Å². The summed E-state index contributed by atoms with van der Waals surface area (Å²) in [5, 5.41) is 2.19. The predicted molar refractivity (Wildman–Crippen MR) is 186 cm³/mol. The highest BCUT2D eigenvalue weighted by molar-refractivity contribution is 5.90. The van der Waals surface area contributed by atoms with Crippen molar-refractivity contribution in [1.29, 1.82) is 0 Å². The maximum atomic E-state index is 5.01. The lowest BCUT2D eigenvalue weighted by molar-refractivity contribution is 1.07. The zero-order valence-corrected chi connectivity index (χ0v) is 24.8. The molecule has 0 bridgehead atoms. The second-order valence-corrected chi connectivity index (χ2v) is 11.0. The molecule has 0 N–H and O–H groups in total. The van der Waals surface area contributed by atoms with Gasteiger partial charge in [0.15, 0.2) is 23.3 Å². The van der Waals surface area contributed by atoms with Crippen LogP contribution in [0.4, 0.5) is 0 Å². The molecule has 0 aliphatic carbocycles. The van der Waals surface area contributed by atoms with Gasteiger partial charge in [-0.25, -0.2) is 24.9 Å². The zero-order valence-electron chi connectivity index (χ0n) is 24.8. The molecule has 5 nitrogen and oxygen atoms in total. The van der Waals surface area contributed by atoms with Crippen LogP contribution in [0.2, 0.25) is 0 Å². The Labute approximate surface area is 267 Å². The first kappa shape index (κ1) is 27.2. The molecule has 0 saturated carbocycles. The normalized spacial score (nSPS) is 11.0. The smallest absolute Gasteiger partial charge is 0.164 e. The molecule has 0 unspecified atom stereocenters. The van der Waals surface area contributed by atoms with Crippen molar-refractivity contribution in [3.63, 3.8) is 0 Å². The Morgan fingerprint density at radius 3 is 1.07 bits per heavy atom. The van der Waals surface area contributed by atoms with Crippen LogP contribution in [0.15, 0.2) is 164 Å². The maximum Gasteiger partial charge on any atom is 0.164 e. The van der Waals surface area contributed by atoms with Gasteiger partial charge in [0.1, 0.15) is 0 Å². The minimum Gasteiger partial charge on any atom is -0.228 e. The lowest BCUT2D eigenvalue weighted by Gasteiger charge is -2.11. The van der Waals surface area contributed by atoms with Crippen molar-refractivity contribution < 1.29 is 0 Å². The number of rotatable bonds is 6. The average Bonchev–Trinajstić information content (AvgIpc) is 3.15. The fourth-order valence-corrected chi connectivity index (χ4v) is 5.55. The van der Waals surface area contributed by atoms with Gasteiger partial charge in [-0.05, 0) is 29.0 Å². The van der Waals surface area contributed by atoms with Gasteiger partial charge in [0.25, 0.3) is 0 Å². The SMILES string of the molecule is c1ccc(-c2cc(-c3ccc4cc(-c5nc(-c6ccccc6)nc(-c6ccccc6)n5)ccc4c3)nc(-c3ccccc3)n2)cc1. The van der Waals surface area contributed by atoms with E-state index in [1.54, 1.807) is 0 Å². The summed E-state index contributed by atoms with van der Waals surface area (Å²) in [6.45, 7) is 0. The summed E-state index contributed by atoms with van der Waals surface area (Å²) in [4.78, 5) is 24.6. The van der Waals surface area contributed by atoms with Gasteiger partial charge in [-0.1, -0.05) is 146 Å². The van der Waals surface area contributed by atoms with Crippen molar-refractivity contribution in [3.05, 3.63) is 164 Å². The summed E-state index contributed by atoms with van der Waals surface area (Å²) in [5.41, 5.74) is 7.64. The standard InChI is InChI=1S/C41H27N5/c1-5-13-28(14-6-1)36-27-37(43-38(42-36)29-15-7-2-8-16-29)34-23-21-33-26-35(24-22-32(33)25-34)41-45-39(30-17-9-3-10-18-30)44-40(46-41)31-19-11-4-12-20-31/h1-27H. The van der Waals surface area contributed by atoms with Gasteiger partial charge in [0, 0.05) is 33.4 Å². The van der Waals surface area contributed by atoms with Gasteiger partial charge in [-0.15, -0.1) is 0 Å². The molecule has 8 aromatic rings. The molecule has 5 heteroatoms. The largest absolute Gasteiger partial charge is 0.228 e. The molecule has 216 valence electrons. The molecule has 2 aromatic heterocycles. The Morgan fingerprint density at radius 1 is 0.239 bits per heavy atom. The monoisotopic (exact) mass is 589 g/mol. The third-order valence-corrected chi connectivity index (χ3v) is 7.92. The van der Waals surface area contributed by atoms with Gasteiger partial charge in [0.2, 0.25) is 0 Å². The van der Waals surface area contributed by atoms with Crippen LogP contribution in [0, 0.1) is 0 Å². The third kappa shape index (κ3) is 5.53. The fraction of sp³-hybridized carbons (Fsp3) is 0. The van der Waals surface area contributed by atoms with Crippen molar-refractivity contribution in [1.82, 2.24) is 24.9 Å². The molecule has 8 rings (SSSR count). The molecule has 0 saturated heterocycles. The molecule has 2 heterocycles. The maximum absolute atomic E-state index is 5.01. The molecule has 0 aliphatic rings. The zero-order chi connectivity index (χ0) is 30.7. The molecular formula is C41H27N5. The number of hydrogen-bond donors (Lipinski definition) is 0. The van der Waals surface area contributed by atoms with Crippen LogP contribution in [0.1, 0.15) is 0 Å². The first-order chi connectivity index (χ1) is 22.8. The van der Waals surface area contributed by atoms with E-state index in [-0.39, 0.29) is 0 Å². The lowest BCUT2D eigenvalue weighted by atomic mass is 10.0. The summed E-state index contributed by atoms with van der Waals surface area (Å²) in [5.74, 6) is 2.62.